The molecular formula is C19H16N2O3. The molecule has 0 fully saturated rings. The molecule has 0 unspecified atom stereocenters. The highest BCUT2D eigenvalue weighted by Gasteiger charge is 2.12. The Morgan fingerprint density at radius 3 is 2.50 bits per heavy atom. The molecule has 0 atom stereocenters. The third kappa shape index (κ3) is 2.84. The Bertz CT molecular complexity index is 978. The Balaban J connectivity index is 2.11. The lowest BCUT2D eigenvalue weighted by molar-refractivity contribution is 0.0697. The maximum Gasteiger partial charge on any atom is 0.337 e. The highest BCUT2D eigenvalue weighted by atomic mass is 16.4. The smallest absolute Gasteiger partial charge is 0.337 e. The van der Waals surface area contributed by atoms with Crippen LogP contribution in [0.3, 0.4) is 0 Å². The van der Waals surface area contributed by atoms with Crippen molar-refractivity contribution in [2.24, 2.45) is 10.2 Å². The fourth-order valence-electron chi connectivity index (χ4n) is 2.60. The summed E-state index contributed by atoms with van der Waals surface area (Å²) in [6.45, 7) is 3.82. The van der Waals surface area contributed by atoms with Crippen molar-refractivity contribution in [1.29, 1.82) is 0 Å². The molecule has 0 aliphatic carbocycles. The number of phenols is 1. The molecule has 0 heterocycles. The van der Waals surface area contributed by atoms with Crippen LogP contribution in [0.15, 0.2) is 58.8 Å². The van der Waals surface area contributed by atoms with E-state index in [9.17, 15) is 15.0 Å². The van der Waals surface area contributed by atoms with Crippen molar-refractivity contribution in [3.8, 4) is 5.75 Å². The molecule has 0 aliphatic heterocycles. The van der Waals surface area contributed by atoms with Crippen molar-refractivity contribution in [2.75, 3.05) is 0 Å². The summed E-state index contributed by atoms with van der Waals surface area (Å²) in [7, 11) is 0. The zero-order chi connectivity index (χ0) is 17.3. The number of hydrogen-bond donors (Lipinski definition) is 2. The zero-order valence-corrected chi connectivity index (χ0v) is 13.3. The predicted octanol–water partition coefficient (Wildman–Crippen LogP) is 5.28. The molecule has 0 aliphatic rings. The van der Waals surface area contributed by atoms with Gasteiger partial charge in [-0.1, -0.05) is 35.9 Å². The minimum absolute atomic E-state index is 0.0431. The average molecular weight is 320 g/mol. The zero-order valence-electron chi connectivity index (χ0n) is 13.3. The summed E-state index contributed by atoms with van der Waals surface area (Å²) in [4.78, 5) is 11.2. The van der Waals surface area contributed by atoms with Gasteiger partial charge in [0, 0.05) is 5.39 Å². The molecule has 0 amide bonds. The Labute approximate surface area is 138 Å². The third-order valence-electron chi connectivity index (χ3n) is 3.82. The van der Waals surface area contributed by atoms with Gasteiger partial charge in [-0.25, -0.2) is 4.79 Å². The van der Waals surface area contributed by atoms with Gasteiger partial charge in [0.2, 0.25) is 0 Å². The molecule has 0 spiro atoms. The molecule has 3 aromatic rings. The maximum absolute atomic E-state index is 11.2. The topological polar surface area (TPSA) is 82.2 Å². The first-order valence-electron chi connectivity index (χ1n) is 7.44. The Morgan fingerprint density at radius 2 is 1.75 bits per heavy atom. The van der Waals surface area contributed by atoms with Crippen LogP contribution in [0.1, 0.15) is 21.5 Å². The number of phenolic OH excluding ortho intramolecular Hbond substituents is 1. The van der Waals surface area contributed by atoms with Crippen LogP contribution in [0.25, 0.3) is 10.8 Å². The lowest BCUT2D eigenvalue weighted by atomic mass is 10.0. The molecule has 0 aromatic heterocycles. The van der Waals surface area contributed by atoms with Gasteiger partial charge in [0.1, 0.15) is 11.4 Å². The van der Waals surface area contributed by atoms with E-state index < -0.39 is 5.97 Å². The summed E-state index contributed by atoms with van der Waals surface area (Å²) in [5.41, 5.74) is 2.52. The SMILES string of the molecule is Cc1ccc2c(O)c(N=Nc3ccccc3C(=O)O)c(C)cc2c1. The Hall–Kier alpha value is -3.21. The number of carboxylic acid groups (broad SMARTS) is 1. The van der Waals surface area contributed by atoms with Crippen LogP contribution in [0.4, 0.5) is 11.4 Å². The maximum atomic E-state index is 11.2. The van der Waals surface area contributed by atoms with Crippen molar-refractivity contribution in [3.05, 3.63) is 65.2 Å². The first-order valence-corrected chi connectivity index (χ1v) is 7.44. The monoisotopic (exact) mass is 320 g/mol. The molecule has 3 rings (SSSR count). The molecule has 0 bridgehead atoms. The second-order valence-electron chi connectivity index (χ2n) is 5.64. The van der Waals surface area contributed by atoms with E-state index in [4.69, 9.17) is 0 Å². The quantitative estimate of drug-likeness (QED) is 0.644. The van der Waals surface area contributed by atoms with E-state index in [0.717, 1.165) is 16.5 Å². The molecule has 2 N–H and O–H groups in total. The van der Waals surface area contributed by atoms with Gasteiger partial charge in [0.05, 0.1) is 5.56 Å². The first-order chi connectivity index (χ1) is 11.5. The molecule has 120 valence electrons. The summed E-state index contributed by atoms with van der Waals surface area (Å²) in [6, 6.07) is 14.0. The van der Waals surface area contributed by atoms with Crippen molar-refractivity contribution in [2.45, 2.75) is 13.8 Å². The van der Waals surface area contributed by atoms with Crippen LogP contribution in [0, 0.1) is 13.8 Å². The normalized spacial score (nSPS) is 11.2. The predicted molar refractivity (Wildman–Crippen MR) is 92.7 cm³/mol. The fraction of sp³-hybridized carbons (Fsp3) is 0.105. The Kier molecular flexibility index (Phi) is 4.00. The minimum Gasteiger partial charge on any atom is -0.505 e. The standard InChI is InChI=1S/C19H16N2O3/c1-11-7-8-14-13(9-11)10-12(2)17(18(14)22)21-20-16-6-4-3-5-15(16)19(23)24/h3-10,22H,1-2H3,(H,23,24). The fourth-order valence-corrected chi connectivity index (χ4v) is 2.60. The number of carbonyl (C=O) groups is 1. The number of fused-ring (bicyclic) bond motifs is 1. The highest BCUT2D eigenvalue weighted by Crippen LogP contribution is 2.39. The van der Waals surface area contributed by atoms with Gasteiger partial charge in [0.25, 0.3) is 0 Å². The summed E-state index contributed by atoms with van der Waals surface area (Å²) in [5, 5.41) is 29.4. The number of aromatic carboxylic acids is 1. The number of nitrogens with zero attached hydrogens (tertiary/aromatic N) is 2. The number of carboxylic acids is 1. The minimum atomic E-state index is -1.07. The van der Waals surface area contributed by atoms with Crippen molar-refractivity contribution in [1.82, 2.24) is 0 Å². The van der Waals surface area contributed by atoms with Crippen LogP contribution in [-0.2, 0) is 0 Å². The number of aromatic hydroxyl groups is 1. The van der Waals surface area contributed by atoms with Gasteiger partial charge in [-0.2, -0.15) is 0 Å². The second kappa shape index (κ2) is 6.12. The van der Waals surface area contributed by atoms with E-state index in [1.54, 1.807) is 18.2 Å². The first kappa shape index (κ1) is 15.7. The van der Waals surface area contributed by atoms with Gasteiger partial charge >= 0.3 is 5.97 Å². The van der Waals surface area contributed by atoms with Crippen LogP contribution in [-0.4, -0.2) is 16.2 Å². The summed E-state index contributed by atoms with van der Waals surface area (Å²) < 4.78 is 0. The average Bonchev–Trinajstić information content (AvgIpc) is 2.54. The summed E-state index contributed by atoms with van der Waals surface area (Å²) in [6.07, 6.45) is 0. The Morgan fingerprint density at radius 1 is 1.00 bits per heavy atom. The van der Waals surface area contributed by atoms with Crippen LogP contribution in [0.5, 0.6) is 5.75 Å². The van der Waals surface area contributed by atoms with Crippen molar-refractivity contribution in [3.63, 3.8) is 0 Å². The van der Waals surface area contributed by atoms with Gasteiger partial charge in [-0.3, -0.25) is 0 Å². The second-order valence-corrected chi connectivity index (χ2v) is 5.64. The molecule has 0 saturated carbocycles. The van der Waals surface area contributed by atoms with Crippen LogP contribution < -0.4 is 0 Å². The molecule has 5 nitrogen and oxygen atoms in total. The number of hydrogen-bond acceptors (Lipinski definition) is 4. The number of aryl methyl sites for hydroxylation is 2. The van der Waals surface area contributed by atoms with E-state index in [1.165, 1.54) is 6.07 Å². The summed E-state index contributed by atoms with van der Waals surface area (Å²) in [5.74, 6) is -1.03. The van der Waals surface area contributed by atoms with E-state index in [2.05, 4.69) is 10.2 Å². The molecule has 0 radical (unpaired) electrons. The highest BCUT2D eigenvalue weighted by molar-refractivity contribution is 5.95. The van der Waals surface area contributed by atoms with Gasteiger partial charge < -0.3 is 10.2 Å². The largest absolute Gasteiger partial charge is 0.505 e. The molecule has 3 aromatic carbocycles. The van der Waals surface area contributed by atoms with E-state index >= 15 is 0 Å². The number of azo groups is 1. The van der Waals surface area contributed by atoms with Gasteiger partial charge in [-0.15, -0.1) is 10.2 Å². The number of benzene rings is 3. The van der Waals surface area contributed by atoms with Gasteiger partial charge in [-0.05, 0) is 43.0 Å². The lowest BCUT2D eigenvalue weighted by Gasteiger charge is -2.08. The van der Waals surface area contributed by atoms with E-state index in [-0.39, 0.29) is 17.0 Å². The van der Waals surface area contributed by atoms with Crippen molar-refractivity contribution < 1.29 is 15.0 Å². The third-order valence-corrected chi connectivity index (χ3v) is 3.82. The number of rotatable bonds is 3. The molecule has 24 heavy (non-hydrogen) atoms. The van der Waals surface area contributed by atoms with E-state index in [0.29, 0.717) is 11.1 Å². The molecular weight excluding hydrogens is 304 g/mol. The van der Waals surface area contributed by atoms with Gasteiger partial charge in [0.15, 0.2) is 5.75 Å². The van der Waals surface area contributed by atoms with Crippen LogP contribution in [0.2, 0.25) is 0 Å². The molecule has 0 saturated heterocycles. The van der Waals surface area contributed by atoms with Crippen molar-refractivity contribution >= 4 is 28.1 Å². The lowest BCUT2D eigenvalue weighted by Crippen LogP contribution is -1.95. The van der Waals surface area contributed by atoms with Crippen LogP contribution >= 0.6 is 0 Å². The molecule has 5 heteroatoms. The summed E-state index contributed by atoms with van der Waals surface area (Å²) >= 11 is 0. The van der Waals surface area contributed by atoms with E-state index in [1.807, 2.05) is 38.1 Å².